The van der Waals surface area contributed by atoms with Gasteiger partial charge in [-0.2, -0.15) is 0 Å². The van der Waals surface area contributed by atoms with Crippen LogP contribution in [0.4, 0.5) is 9.59 Å². The van der Waals surface area contributed by atoms with E-state index in [-0.39, 0.29) is 12.0 Å². The van der Waals surface area contributed by atoms with E-state index < -0.39 is 17.7 Å². The number of amides is 3. The summed E-state index contributed by atoms with van der Waals surface area (Å²) in [5.41, 5.74) is 0.279. The molecule has 1 N–H and O–H groups in total. The number of benzene rings is 1. The van der Waals surface area contributed by atoms with E-state index in [0.29, 0.717) is 39.2 Å². The van der Waals surface area contributed by atoms with Crippen LogP contribution in [0.1, 0.15) is 33.3 Å². The van der Waals surface area contributed by atoms with Gasteiger partial charge in [-0.3, -0.25) is 4.79 Å². The minimum atomic E-state index is -0.756. The third-order valence-corrected chi connectivity index (χ3v) is 5.18. The summed E-state index contributed by atoms with van der Waals surface area (Å²) in [6.45, 7) is 8.96. The number of ether oxygens (including phenoxy) is 2. The number of nitrogens with one attached hydrogen (secondary N) is 1. The highest BCUT2D eigenvalue weighted by Crippen LogP contribution is 2.13. The zero-order chi connectivity index (χ0) is 22.3. The summed E-state index contributed by atoms with van der Waals surface area (Å²) >= 11 is 2.22. The van der Waals surface area contributed by atoms with Gasteiger partial charge in [0.15, 0.2) is 0 Å². The smallest absolute Gasteiger partial charge is 0.409 e. The van der Waals surface area contributed by atoms with E-state index in [4.69, 9.17) is 9.47 Å². The van der Waals surface area contributed by atoms with Crippen LogP contribution < -0.4 is 5.32 Å². The van der Waals surface area contributed by atoms with E-state index in [2.05, 4.69) is 27.9 Å². The number of carbonyl (C=O) groups excluding carboxylic acids is 3. The second-order valence-corrected chi connectivity index (χ2v) is 9.29. The number of carbonyl (C=O) groups is 3. The lowest BCUT2D eigenvalue weighted by Crippen LogP contribution is -2.56. The predicted octanol–water partition coefficient (Wildman–Crippen LogP) is 3.03. The summed E-state index contributed by atoms with van der Waals surface area (Å²) in [6.07, 6.45) is -0.643. The van der Waals surface area contributed by atoms with Gasteiger partial charge in [0, 0.05) is 36.2 Å². The van der Waals surface area contributed by atoms with Crippen LogP contribution in [0.25, 0.3) is 0 Å². The lowest BCUT2D eigenvalue weighted by molar-refractivity contribution is -0.135. The minimum Gasteiger partial charge on any atom is -0.450 e. The highest BCUT2D eigenvalue weighted by Gasteiger charge is 2.31. The summed E-state index contributed by atoms with van der Waals surface area (Å²) in [5.74, 6) is -0.192. The molecule has 8 nitrogen and oxygen atoms in total. The molecule has 9 heteroatoms. The van der Waals surface area contributed by atoms with Crippen molar-refractivity contribution in [2.45, 2.75) is 45.8 Å². The molecule has 1 heterocycles. The molecule has 0 radical (unpaired) electrons. The molecule has 1 saturated heterocycles. The monoisotopic (exact) mass is 531 g/mol. The van der Waals surface area contributed by atoms with Gasteiger partial charge in [-0.1, -0.05) is 12.1 Å². The first kappa shape index (κ1) is 24.2. The van der Waals surface area contributed by atoms with Crippen molar-refractivity contribution in [3.05, 3.63) is 33.4 Å². The molecule has 0 saturated carbocycles. The molecular formula is C21H30IN3O5. The van der Waals surface area contributed by atoms with Crippen molar-refractivity contribution in [1.29, 1.82) is 0 Å². The van der Waals surface area contributed by atoms with Crippen molar-refractivity contribution < 1.29 is 23.9 Å². The third kappa shape index (κ3) is 7.66. The van der Waals surface area contributed by atoms with Crippen molar-refractivity contribution in [1.82, 2.24) is 15.1 Å². The summed E-state index contributed by atoms with van der Waals surface area (Å²) in [4.78, 5) is 40.7. The maximum absolute atomic E-state index is 13.2. The zero-order valence-corrected chi connectivity index (χ0v) is 20.1. The van der Waals surface area contributed by atoms with Crippen molar-refractivity contribution in [3.63, 3.8) is 0 Å². The fourth-order valence-electron chi connectivity index (χ4n) is 3.05. The molecule has 1 aromatic rings. The summed E-state index contributed by atoms with van der Waals surface area (Å²) in [6, 6.07) is 7.05. The maximum Gasteiger partial charge on any atom is 0.409 e. The molecule has 1 fully saturated rings. The Bertz CT molecular complexity index is 740. The molecule has 0 aliphatic carbocycles. The van der Waals surface area contributed by atoms with E-state index in [9.17, 15) is 14.4 Å². The first-order chi connectivity index (χ1) is 14.1. The van der Waals surface area contributed by atoms with Gasteiger partial charge in [0.1, 0.15) is 11.6 Å². The van der Waals surface area contributed by atoms with Crippen LogP contribution in [0, 0.1) is 3.57 Å². The minimum absolute atomic E-state index is 0.192. The molecule has 0 bridgehead atoms. The fraction of sp³-hybridized carbons (Fsp3) is 0.571. The molecule has 1 unspecified atom stereocenters. The molecule has 1 atom stereocenters. The molecule has 3 amide bonds. The molecule has 1 aliphatic heterocycles. The first-order valence-electron chi connectivity index (χ1n) is 10.0. The van der Waals surface area contributed by atoms with Gasteiger partial charge in [-0.05, 0) is 68.0 Å². The lowest BCUT2D eigenvalue weighted by Gasteiger charge is -2.36. The highest BCUT2D eigenvalue weighted by molar-refractivity contribution is 14.1. The quantitative estimate of drug-likeness (QED) is 0.591. The van der Waals surface area contributed by atoms with E-state index >= 15 is 0 Å². The second-order valence-electron chi connectivity index (χ2n) is 8.04. The van der Waals surface area contributed by atoms with Crippen molar-refractivity contribution >= 4 is 40.7 Å². The maximum atomic E-state index is 13.2. The van der Waals surface area contributed by atoms with Crippen molar-refractivity contribution in [3.8, 4) is 0 Å². The Hall–Kier alpha value is -2.04. The Morgan fingerprint density at radius 1 is 1.07 bits per heavy atom. The molecule has 2 rings (SSSR count). The number of rotatable bonds is 5. The number of piperazine rings is 1. The normalized spacial score (nSPS) is 15.4. The summed E-state index contributed by atoms with van der Waals surface area (Å²) < 4.78 is 11.5. The predicted molar refractivity (Wildman–Crippen MR) is 121 cm³/mol. The van der Waals surface area contributed by atoms with E-state index in [1.807, 2.05) is 24.3 Å². The van der Waals surface area contributed by atoms with Crippen molar-refractivity contribution in [2.24, 2.45) is 0 Å². The van der Waals surface area contributed by atoms with Crippen molar-refractivity contribution in [2.75, 3.05) is 32.8 Å². The molecule has 0 aromatic heterocycles. The van der Waals surface area contributed by atoms with Crippen LogP contribution in [0.2, 0.25) is 0 Å². The Morgan fingerprint density at radius 3 is 2.17 bits per heavy atom. The largest absolute Gasteiger partial charge is 0.450 e. The SMILES string of the molecule is CCOC(=O)N1CCN(C(=O)C(Cc2ccc(I)cc2)NC(=O)OC(C)(C)C)CC1. The Balaban J connectivity index is 2.07. The van der Waals surface area contributed by atoms with Gasteiger partial charge in [-0.25, -0.2) is 9.59 Å². The molecule has 0 spiro atoms. The Labute approximate surface area is 191 Å². The average Bonchev–Trinajstić information content (AvgIpc) is 2.67. The zero-order valence-electron chi connectivity index (χ0n) is 17.9. The third-order valence-electron chi connectivity index (χ3n) is 4.46. The van der Waals surface area contributed by atoms with Gasteiger partial charge in [0.25, 0.3) is 0 Å². The molecule has 1 aliphatic rings. The highest BCUT2D eigenvalue weighted by atomic mass is 127. The van der Waals surface area contributed by atoms with Gasteiger partial charge in [0.05, 0.1) is 6.61 Å². The molecule has 30 heavy (non-hydrogen) atoms. The number of hydrogen-bond acceptors (Lipinski definition) is 5. The van der Waals surface area contributed by atoms with Gasteiger partial charge >= 0.3 is 12.2 Å². The Morgan fingerprint density at radius 2 is 1.63 bits per heavy atom. The van der Waals surface area contributed by atoms with Gasteiger partial charge < -0.3 is 24.6 Å². The molecule has 1 aromatic carbocycles. The topological polar surface area (TPSA) is 88.2 Å². The van der Waals surface area contributed by atoms with E-state index in [0.717, 1.165) is 9.13 Å². The lowest BCUT2D eigenvalue weighted by atomic mass is 10.0. The number of alkyl carbamates (subject to hydrolysis) is 1. The Kier molecular flexibility index (Phi) is 8.75. The van der Waals surface area contributed by atoms with Crippen LogP contribution in [0.15, 0.2) is 24.3 Å². The fourth-order valence-corrected chi connectivity index (χ4v) is 3.41. The van der Waals surface area contributed by atoms with Gasteiger partial charge in [-0.15, -0.1) is 0 Å². The van der Waals surface area contributed by atoms with Crippen LogP contribution in [-0.2, 0) is 20.7 Å². The van der Waals surface area contributed by atoms with Crippen LogP contribution in [-0.4, -0.2) is 72.3 Å². The number of nitrogens with zero attached hydrogens (tertiary/aromatic N) is 2. The number of halogens is 1. The molecular weight excluding hydrogens is 501 g/mol. The average molecular weight is 531 g/mol. The molecule has 166 valence electrons. The summed E-state index contributed by atoms with van der Waals surface area (Å²) in [7, 11) is 0. The van der Waals surface area contributed by atoms with E-state index in [1.54, 1.807) is 37.5 Å². The van der Waals surface area contributed by atoms with Crippen LogP contribution in [0.5, 0.6) is 0 Å². The van der Waals surface area contributed by atoms with Crippen LogP contribution >= 0.6 is 22.6 Å². The summed E-state index contributed by atoms with van der Waals surface area (Å²) in [5, 5.41) is 2.73. The van der Waals surface area contributed by atoms with Crippen LogP contribution in [0.3, 0.4) is 0 Å². The second kappa shape index (κ2) is 10.8. The van der Waals surface area contributed by atoms with Gasteiger partial charge in [0.2, 0.25) is 5.91 Å². The number of hydrogen-bond donors (Lipinski definition) is 1. The first-order valence-corrected chi connectivity index (χ1v) is 11.1. The standard InChI is InChI=1S/C21H30IN3O5/c1-5-29-20(28)25-12-10-24(11-13-25)18(26)17(23-19(27)30-21(2,3)4)14-15-6-8-16(22)9-7-15/h6-9,17H,5,10-14H2,1-4H3,(H,23,27). The van der Waals surface area contributed by atoms with E-state index in [1.165, 1.54) is 0 Å².